The molecule has 0 aromatic rings. The molecule has 3 heteroatoms. The van der Waals surface area contributed by atoms with Gasteiger partial charge in [-0.25, -0.2) is 0 Å². The second-order valence-electron chi connectivity index (χ2n) is 6.39. The quantitative estimate of drug-likeness (QED) is 0.835. The summed E-state index contributed by atoms with van der Waals surface area (Å²) >= 11 is 1.94. The second kappa shape index (κ2) is 6.83. The SMILES string of the molecule is CC1CCC(CCNC2=NCC(C(C)C)S2)CC1. The van der Waals surface area contributed by atoms with Crippen molar-refractivity contribution in [2.45, 2.75) is 58.1 Å². The van der Waals surface area contributed by atoms with Crippen LogP contribution >= 0.6 is 11.8 Å². The highest BCUT2D eigenvalue weighted by Crippen LogP contribution is 2.30. The lowest BCUT2D eigenvalue weighted by Crippen LogP contribution is -2.24. The Kier molecular flexibility index (Phi) is 5.40. The van der Waals surface area contributed by atoms with E-state index in [1.807, 2.05) is 11.8 Å². The monoisotopic (exact) mass is 268 g/mol. The second-order valence-corrected chi connectivity index (χ2v) is 7.62. The van der Waals surface area contributed by atoms with Gasteiger partial charge in [0.15, 0.2) is 5.17 Å². The van der Waals surface area contributed by atoms with Crippen LogP contribution in [0.3, 0.4) is 0 Å². The number of thioether (sulfide) groups is 1. The zero-order valence-electron chi connectivity index (χ0n) is 12.1. The van der Waals surface area contributed by atoms with E-state index in [2.05, 4.69) is 31.1 Å². The summed E-state index contributed by atoms with van der Waals surface area (Å²) in [6.45, 7) is 9.10. The Morgan fingerprint density at radius 1 is 1.28 bits per heavy atom. The van der Waals surface area contributed by atoms with Crippen LogP contribution in [0, 0.1) is 17.8 Å². The highest BCUT2D eigenvalue weighted by Gasteiger charge is 2.22. The van der Waals surface area contributed by atoms with Crippen LogP contribution < -0.4 is 5.32 Å². The van der Waals surface area contributed by atoms with Gasteiger partial charge in [-0.2, -0.15) is 0 Å². The molecular weight excluding hydrogens is 240 g/mol. The van der Waals surface area contributed by atoms with Gasteiger partial charge in [0.25, 0.3) is 0 Å². The summed E-state index contributed by atoms with van der Waals surface area (Å²) in [6.07, 6.45) is 7.10. The maximum absolute atomic E-state index is 4.60. The molecule has 1 saturated carbocycles. The third-order valence-electron chi connectivity index (χ3n) is 4.39. The molecule has 0 radical (unpaired) electrons. The summed E-state index contributed by atoms with van der Waals surface area (Å²) in [5.74, 6) is 2.66. The fourth-order valence-corrected chi connectivity index (χ4v) is 3.88. The topological polar surface area (TPSA) is 24.4 Å². The Morgan fingerprint density at radius 2 is 2.00 bits per heavy atom. The molecule has 104 valence electrons. The van der Waals surface area contributed by atoms with E-state index < -0.39 is 0 Å². The Labute approximate surface area is 116 Å². The first-order chi connectivity index (χ1) is 8.65. The van der Waals surface area contributed by atoms with Crippen molar-refractivity contribution in [2.24, 2.45) is 22.7 Å². The van der Waals surface area contributed by atoms with Crippen LogP contribution in [0.5, 0.6) is 0 Å². The minimum atomic E-state index is 0.697. The zero-order chi connectivity index (χ0) is 13.0. The fourth-order valence-electron chi connectivity index (χ4n) is 2.84. The van der Waals surface area contributed by atoms with Gasteiger partial charge in [-0.1, -0.05) is 58.2 Å². The molecule has 1 aliphatic carbocycles. The van der Waals surface area contributed by atoms with E-state index >= 15 is 0 Å². The molecule has 1 aliphatic heterocycles. The molecule has 0 aromatic carbocycles. The summed E-state index contributed by atoms with van der Waals surface area (Å²) in [6, 6.07) is 0. The molecule has 0 aromatic heterocycles. The van der Waals surface area contributed by atoms with Crippen LogP contribution in [0.4, 0.5) is 0 Å². The predicted molar refractivity (Wildman–Crippen MR) is 82.3 cm³/mol. The zero-order valence-corrected chi connectivity index (χ0v) is 12.9. The highest BCUT2D eigenvalue weighted by atomic mass is 32.2. The van der Waals surface area contributed by atoms with Gasteiger partial charge in [-0.3, -0.25) is 4.99 Å². The van der Waals surface area contributed by atoms with Gasteiger partial charge in [0, 0.05) is 11.8 Å². The number of aliphatic imine (C=N–C) groups is 1. The van der Waals surface area contributed by atoms with E-state index in [-0.39, 0.29) is 0 Å². The lowest BCUT2D eigenvalue weighted by Gasteiger charge is -2.26. The van der Waals surface area contributed by atoms with Gasteiger partial charge in [-0.15, -0.1) is 0 Å². The number of nitrogens with one attached hydrogen (secondary N) is 1. The molecule has 2 nitrogen and oxygen atoms in total. The van der Waals surface area contributed by atoms with Crippen molar-refractivity contribution in [3.63, 3.8) is 0 Å². The molecule has 2 aliphatic rings. The van der Waals surface area contributed by atoms with E-state index in [0.29, 0.717) is 5.25 Å². The van der Waals surface area contributed by atoms with E-state index in [1.165, 1.54) is 37.3 Å². The van der Waals surface area contributed by atoms with E-state index in [9.17, 15) is 0 Å². The van der Waals surface area contributed by atoms with Gasteiger partial charge < -0.3 is 5.32 Å². The minimum Gasteiger partial charge on any atom is -0.365 e. The maximum atomic E-state index is 4.60. The third kappa shape index (κ3) is 4.18. The largest absolute Gasteiger partial charge is 0.365 e. The normalized spacial score (nSPS) is 32.7. The Bertz CT molecular complexity index is 280. The summed E-state index contributed by atoms with van der Waals surface area (Å²) in [4.78, 5) is 4.60. The maximum Gasteiger partial charge on any atom is 0.156 e. The summed E-state index contributed by atoms with van der Waals surface area (Å²) in [5, 5.41) is 5.43. The van der Waals surface area contributed by atoms with E-state index in [0.717, 1.165) is 30.8 Å². The molecule has 1 heterocycles. The molecule has 1 atom stereocenters. The molecular formula is C15H28N2S. The molecule has 1 N–H and O–H groups in total. The van der Waals surface area contributed by atoms with Crippen LogP contribution in [-0.4, -0.2) is 23.5 Å². The molecule has 0 amide bonds. The number of rotatable bonds is 4. The van der Waals surface area contributed by atoms with Crippen molar-refractivity contribution in [3.05, 3.63) is 0 Å². The van der Waals surface area contributed by atoms with Crippen LogP contribution in [0.15, 0.2) is 4.99 Å². The summed E-state index contributed by atoms with van der Waals surface area (Å²) in [5.41, 5.74) is 0. The van der Waals surface area contributed by atoms with Crippen molar-refractivity contribution in [1.29, 1.82) is 0 Å². The average Bonchev–Trinajstić information content (AvgIpc) is 2.81. The molecule has 1 fully saturated rings. The van der Waals surface area contributed by atoms with Crippen molar-refractivity contribution in [2.75, 3.05) is 13.1 Å². The predicted octanol–water partition coefficient (Wildman–Crippen LogP) is 3.92. The molecule has 0 spiro atoms. The minimum absolute atomic E-state index is 0.697. The summed E-state index contributed by atoms with van der Waals surface area (Å²) in [7, 11) is 0. The molecule has 0 bridgehead atoms. The number of hydrogen-bond donors (Lipinski definition) is 1. The van der Waals surface area contributed by atoms with Gasteiger partial charge in [-0.05, 0) is 24.2 Å². The highest BCUT2D eigenvalue weighted by molar-refractivity contribution is 8.14. The molecule has 18 heavy (non-hydrogen) atoms. The van der Waals surface area contributed by atoms with E-state index in [4.69, 9.17) is 0 Å². The smallest absolute Gasteiger partial charge is 0.156 e. The molecule has 1 unspecified atom stereocenters. The Hall–Kier alpha value is -0.180. The van der Waals surface area contributed by atoms with Crippen LogP contribution in [-0.2, 0) is 0 Å². The number of amidine groups is 1. The molecule has 2 rings (SSSR count). The lowest BCUT2D eigenvalue weighted by molar-refractivity contribution is 0.278. The van der Waals surface area contributed by atoms with Gasteiger partial charge in [0.1, 0.15) is 0 Å². The third-order valence-corrected chi connectivity index (χ3v) is 5.88. The van der Waals surface area contributed by atoms with Crippen molar-refractivity contribution < 1.29 is 0 Å². The Morgan fingerprint density at radius 3 is 2.61 bits per heavy atom. The van der Waals surface area contributed by atoms with Gasteiger partial charge in [0.05, 0.1) is 6.54 Å². The standard InChI is InChI=1S/C15H28N2S/c1-11(2)14-10-17-15(18-14)16-9-8-13-6-4-12(3)5-7-13/h11-14H,4-10H2,1-3H3,(H,16,17). The first-order valence-corrected chi connectivity index (χ1v) is 8.48. The Balaban J connectivity index is 1.59. The van der Waals surface area contributed by atoms with Crippen LogP contribution in [0.2, 0.25) is 0 Å². The lowest BCUT2D eigenvalue weighted by atomic mass is 9.81. The van der Waals surface area contributed by atoms with Crippen LogP contribution in [0.25, 0.3) is 0 Å². The number of hydrogen-bond acceptors (Lipinski definition) is 3. The van der Waals surface area contributed by atoms with Gasteiger partial charge >= 0.3 is 0 Å². The first-order valence-electron chi connectivity index (χ1n) is 7.60. The van der Waals surface area contributed by atoms with E-state index in [1.54, 1.807) is 0 Å². The first kappa shape index (κ1) is 14.2. The van der Waals surface area contributed by atoms with Crippen molar-refractivity contribution >= 4 is 16.9 Å². The van der Waals surface area contributed by atoms with Crippen molar-refractivity contribution in [3.8, 4) is 0 Å². The average molecular weight is 268 g/mol. The molecule has 0 saturated heterocycles. The van der Waals surface area contributed by atoms with Crippen LogP contribution in [0.1, 0.15) is 52.9 Å². The fraction of sp³-hybridized carbons (Fsp3) is 0.933. The van der Waals surface area contributed by atoms with Gasteiger partial charge in [0.2, 0.25) is 0 Å². The van der Waals surface area contributed by atoms with Crippen molar-refractivity contribution in [1.82, 2.24) is 5.32 Å². The number of nitrogens with zero attached hydrogens (tertiary/aromatic N) is 1. The summed E-state index contributed by atoms with van der Waals surface area (Å²) < 4.78 is 0.